The highest BCUT2D eigenvalue weighted by atomic mass is 16.6. The maximum atomic E-state index is 5.68. The largest absolute Gasteiger partial charge is 0.295 e. The Morgan fingerprint density at radius 1 is 1.28 bits per heavy atom. The highest BCUT2D eigenvalue weighted by Crippen LogP contribution is 2.44. The Balaban J connectivity index is 1.40. The van der Waals surface area contributed by atoms with Crippen molar-refractivity contribution < 1.29 is 4.84 Å². The fourth-order valence-corrected chi connectivity index (χ4v) is 3.60. The molecule has 0 radical (unpaired) electrons. The summed E-state index contributed by atoms with van der Waals surface area (Å²) in [5.74, 6) is 0.697. The van der Waals surface area contributed by atoms with Crippen LogP contribution in [0.15, 0.2) is 41.6 Å². The molecule has 3 atom stereocenters. The summed E-state index contributed by atoms with van der Waals surface area (Å²) < 4.78 is 0. The van der Waals surface area contributed by atoms with Crippen LogP contribution in [0.5, 0.6) is 0 Å². The van der Waals surface area contributed by atoms with Crippen molar-refractivity contribution in [2.24, 2.45) is 5.92 Å². The molecule has 1 aromatic carbocycles. The number of hydroxylamine groups is 1. The molecule has 0 saturated carbocycles. The van der Waals surface area contributed by atoms with Crippen LogP contribution < -0.4 is 5.48 Å². The van der Waals surface area contributed by atoms with Gasteiger partial charge in [0.05, 0.1) is 6.61 Å². The Kier molecular flexibility index (Phi) is 2.42. The summed E-state index contributed by atoms with van der Waals surface area (Å²) in [4.78, 5) is 8.29. The fraction of sp³-hybridized carbons (Fsp3) is 0.467. The summed E-state index contributed by atoms with van der Waals surface area (Å²) in [6.07, 6.45) is 2.58. The highest BCUT2D eigenvalue weighted by Gasteiger charge is 2.45. The lowest BCUT2D eigenvalue weighted by Crippen LogP contribution is -2.30. The van der Waals surface area contributed by atoms with Gasteiger partial charge in [-0.05, 0) is 24.0 Å². The normalized spacial score (nSPS) is 32.3. The molecule has 1 N–H and O–H groups in total. The van der Waals surface area contributed by atoms with Crippen LogP contribution in [0, 0.1) is 5.92 Å². The first-order valence-corrected chi connectivity index (χ1v) is 6.78. The lowest BCUT2D eigenvalue weighted by Gasteiger charge is -2.25. The number of rotatable bonds is 4. The Hall–Kier alpha value is -1.32. The van der Waals surface area contributed by atoms with E-state index in [1.807, 2.05) is 18.2 Å². The molecule has 2 fully saturated rings. The van der Waals surface area contributed by atoms with Crippen LogP contribution in [0.2, 0.25) is 0 Å². The zero-order valence-electron chi connectivity index (χ0n) is 10.4. The summed E-state index contributed by atoms with van der Waals surface area (Å²) >= 11 is 0. The van der Waals surface area contributed by atoms with Crippen LogP contribution in [0.4, 0.5) is 0 Å². The molecule has 5 rings (SSSR count). The molecule has 3 unspecified atom stereocenters. The third kappa shape index (κ3) is 1.66. The lowest BCUT2D eigenvalue weighted by molar-refractivity contribution is 0.0399. The average Bonchev–Trinajstić information content (AvgIpc) is 2.87. The van der Waals surface area contributed by atoms with Gasteiger partial charge in [-0.1, -0.05) is 30.3 Å². The molecule has 4 bridgehead atoms. The second-order valence-corrected chi connectivity index (χ2v) is 5.61. The van der Waals surface area contributed by atoms with Crippen molar-refractivity contribution in [2.45, 2.75) is 25.5 Å². The van der Waals surface area contributed by atoms with E-state index in [4.69, 9.17) is 4.84 Å². The zero-order chi connectivity index (χ0) is 11.9. The van der Waals surface area contributed by atoms with E-state index in [2.05, 4.69) is 22.5 Å². The highest BCUT2D eigenvalue weighted by molar-refractivity contribution is 5.30. The molecule has 3 nitrogen and oxygen atoms in total. The predicted octanol–water partition coefficient (Wildman–Crippen LogP) is 2.07. The standard InChI is InChI=1S/C15H18N2O/c1-2-4-11(5-3-1)10-18-16-15-12-6-14-7-13(15)9-17(14)8-12/h1-5,12,14,16H,6-10H2. The van der Waals surface area contributed by atoms with E-state index < -0.39 is 0 Å². The number of hydrogen-bond donors (Lipinski definition) is 1. The Morgan fingerprint density at radius 3 is 2.94 bits per heavy atom. The molecule has 18 heavy (non-hydrogen) atoms. The summed E-state index contributed by atoms with van der Waals surface area (Å²) in [6.45, 7) is 3.03. The van der Waals surface area contributed by atoms with E-state index in [1.165, 1.54) is 30.6 Å². The molecule has 1 aliphatic carbocycles. The van der Waals surface area contributed by atoms with Gasteiger partial charge < -0.3 is 0 Å². The molecular formula is C15H18N2O. The topological polar surface area (TPSA) is 24.5 Å². The van der Waals surface area contributed by atoms with Crippen molar-refractivity contribution in [3.63, 3.8) is 0 Å². The first kappa shape index (κ1) is 10.6. The van der Waals surface area contributed by atoms with Gasteiger partial charge in [-0.2, -0.15) is 0 Å². The maximum Gasteiger partial charge on any atom is 0.0996 e. The SMILES string of the molecule is c1ccc(CONC2=C3CC4CC2CN4C3)cc1. The molecular weight excluding hydrogens is 224 g/mol. The maximum absolute atomic E-state index is 5.68. The van der Waals surface area contributed by atoms with E-state index in [1.54, 1.807) is 5.57 Å². The van der Waals surface area contributed by atoms with E-state index in [0.29, 0.717) is 12.5 Å². The fourth-order valence-electron chi connectivity index (χ4n) is 3.60. The van der Waals surface area contributed by atoms with Crippen molar-refractivity contribution in [3.05, 3.63) is 47.2 Å². The molecule has 3 heteroatoms. The average molecular weight is 242 g/mol. The van der Waals surface area contributed by atoms with Gasteiger partial charge in [0, 0.05) is 30.7 Å². The van der Waals surface area contributed by atoms with Crippen molar-refractivity contribution in [3.8, 4) is 0 Å². The second-order valence-electron chi connectivity index (χ2n) is 5.61. The van der Waals surface area contributed by atoms with Gasteiger partial charge in [-0.15, -0.1) is 0 Å². The molecule has 94 valence electrons. The van der Waals surface area contributed by atoms with E-state index in [9.17, 15) is 0 Å². The summed E-state index contributed by atoms with van der Waals surface area (Å²) in [7, 11) is 0. The third-order valence-corrected chi connectivity index (χ3v) is 4.46. The Labute approximate surface area is 107 Å². The molecule has 4 aliphatic rings. The number of benzene rings is 1. The van der Waals surface area contributed by atoms with Crippen molar-refractivity contribution in [2.75, 3.05) is 13.1 Å². The smallest absolute Gasteiger partial charge is 0.0996 e. The molecule has 1 aromatic rings. The van der Waals surface area contributed by atoms with Gasteiger partial charge in [-0.3, -0.25) is 15.2 Å². The predicted molar refractivity (Wildman–Crippen MR) is 69.5 cm³/mol. The van der Waals surface area contributed by atoms with Crippen LogP contribution in [0.3, 0.4) is 0 Å². The van der Waals surface area contributed by atoms with Gasteiger partial charge in [0.2, 0.25) is 0 Å². The van der Waals surface area contributed by atoms with Crippen LogP contribution in [0.1, 0.15) is 18.4 Å². The van der Waals surface area contributed by atoms with Crippen molar-refractivity contribution >= 4 is 0 Å². The summed E-state index contributed by atoms with van der Waals surface area (Å²) in [5, 5.41) is 0. The van der Waals surface area contributed by atoms with Crippen LogP contribution in [0.25, 0.3) is 0 Å². The van der Waals surface area contributed by atoms with Crippen molar-refractivity contribution in [1.29, 1.82) is 0 Å². The van der Waals surface area contributed by atoms with Gasteiger partial charge in [0.15, 0.2) is 0 Å². The lowest BCUT2D eigenvalue weighted by atomic mass is 9.89. The molecule has 0 amide bonds. The number of nitrogens with zero attached hydrogens (tertiary/aromatic N) is 1. The van der Waals surface area contributed by atoms with Gasteiger partial charge in [0.25, 0.3) is 0 Å². The quantitative estimate of drug-likeness (QED) is 0.818. The minimum absolute atomic E-state index is 0.636. The van der Waals surface area contributed by atoms with Crippen LogP contribution in [-0.2, 0) is 11.4 Å². The monoisotopic (exact) mass is 242 g/mol. The molecule has 0 aromatic heterocycles. The summed E-state index contributed by atoms with van der Waals surface area (Å²) in [6, 6.07) is 11.2. The Bertz CT molecular complexity index is 467. The molecule has 3 aliphatic heterocycles. The minimum Gasteiger partial charge on any atom is -0.295 e. The first-order chi connectivity index (χ1) is 8.90. The molecule has 3 heterocycles. The zero-order valence-corrected chi connectivity index (χ0v) is 10.4. The van der Waals surface area contributed by atoms with E-state index in [0.717, 1.165) is 12.6 Å². The minimum atomic E-state index is 0.636. The van der Waals surface area contributed by atoms with Gasteiger partial charge in [-0.25, -0.2) is 0 Å². The van der Waals surface area contributed by atoms with Crippen molar-refractivity contribution in [1.82, 2.24) is 10.4 Å². The third-order valence-electron chi connectivity index (χ3n) is 4.46. The molecule has 2 saturated heterocycles. The van der Waals surface area contributed by atoms with E-state index >= 15 is 0 Å². The first-order valence-electron chi connectivity index (χ1n) is 6.78. The Morgan fingerprint density at radius 2 is 2.17 bits per heavy atom. The summed E-state index contributed by atoms with van der Waals surface area (Å²) in [5.41, 5.74) is 7.42. The van der Waals surface area contributed by atoms with Crippen LogP contribution in [-0.4, -0.2) is 24.0 Å². The number of hydrogen-bond acceptors (Lipinski definition) is 3. The van der Waals surface area contributed by atoms with Crippen LogP contribution >= 0.6 is 0 Å². The molecule has 0 spiro atoms. The van der Waals surface area contributed by atoms with E-state index in [-0.39, 0.29) is 0 Å². The van der Waals surface area contributed by atoms with Gasteiger partial charge >= 0.3 is 0 Å². The second kappa shape index (κ2) is 4.11. The van der Waals surface area contributed by atoms with Gasteiger partial charge in [0.1, 0.15) is 0 Å². The number of nitrogens with one attached hydrogen (secondary N) is 1.